The van der Waals surface area contributed by atoms with Crippen LogP contribution >= 0.6 is 0 Å². The largest absolute Gasteiger partial charge is 0.289 e. The Bertz CT molecular complexity index is 387. The van der Waals surface area contributed by atoms with Crippen molar-refractivity contribution < 1.29 is 9.59 Å². The van der Waals surface area contributed by atoms with Crippen molar-refractivity contribution in [2.75, 3.05) is 0 Å². The number of hydrogen-bond acceptors (Lipinski definition) is 2. The van der Waals surface area contributed by atoms with Gasteiger partial charge in [0.1, 0.15) is 0 Å². The predicted molar refractivity (Wildman–Crippen MR) is 69.5 cm³/mol. The molecule has 0 saturated carbocycles. The first-order valence-electron chi connectivity index (χ1n) is 5.12. The Morgan fingerprint density at radius 3 is 1.71 bits per heavy atom. The van der Waals surface area contributed by atoms with Crippen LogP contribution in [-0.4, -0.2) is 11.8 Å². The first-order valence-corrected chi connectivity index (χ1v) is 5.12. The van der Waals surface area contributed by atoms with Crippen LogP contribution in [0.3, 0.4) is 0 Å². The van der Waals surface area contributed by atoms with Crippen molar-refractivity contribution in [1.82, 2.24) is 5.32 Å². The van der Waals surface area contributed by atoms with Crippen molar-refractivity contribution in [3.05, 3.63) is 60.7 Å². The summed E-state index contributed by atoms with van der Waals surface area (Å²) in [5.74, 6) is -1.03. The molecular weight excluding hydrogens is 214 g/mol. The third-order valence-corrected chi connectivity index (χ3v) is 1.79. The topological polar surface area (TPSA) is 46.2 Å². The molecule has 0 aliphatic rings. The van der Waals surface area contributed by atoms with E-state index < -0.39 is 11.8 Å². The Labute approximate surface area is 102 Å². The molecule has 0 aromatic heterocycles. The maximum atomic E-state index is 10.3. The highest BCUT2D eigenvalue weighted by Crippen LogP contribution is 2.00. The lowest BCUT2D eigenvalue weighted by Crippen LogP contribution is -2.26. The lowest BCUT2D eigenvalue weighted by molar-refractivity contribution is -0.125. The van der Waals surface area contributed by atoms with Crippen LogP contribution in [0.1, 0.15) is 11.1 Å². The van der Waals surface area contributed by atoms with E-state index in [4.69, 9.17) is 0 Å². The molecular formula is C14H17NO2. The summed E-state index contributed by atoms with van der Waals surface area (Å²) < 4.78 is 0. The van der Waals surface area contributed by atoms with E-state index in [1.54, 1.807) is 0 Å². The van der Waals surface area contributed by atoms with E-state index in [2.05, 4.69) is 51.3 Å². The Balaban J connectivity index is 0.000000302. The second-order valence-electron chi connectivity index (χ2n) is 3.42. The lowest BCUT2D eigenvalue weighted by atomic mass is 10.2. The zero-order valence-electron chi connectivity index (χ0n) is 10.2. The molecule has 1 N–H and O–H groups in total. The molecule has 0 saturated heterocycles. The van der Waals surface area contributed by atoms with Gasteiger partial charge >= 0.3 is 0 Å². The number of rotatable bonds is 2. The first-order chi connectivity index (χ1) is 7.99. The molecule has 90 valence electrons. The molecule has 0 radical (unpaired) electrons. The molecule has 0 atom stereocenters. The number of carbonyl (C=O) groups excluding carboxylic acids is 2. The predicted octanol–water partition coefficient (Wildman–Crippen LogP) is 2.30. The maximum Gasteiger partial charge on any atom is 0.250 e. The fraction of sp³-hybridized carbons (Fsp3) is 0.143. The van der Waals surface area contributed by atoms with Gasteiger partial charge in [-0.05, 0) is 26.0 Å². The number of nitrogens with one attached hydrogen (secondary N) is 1. The van der Waals surface area contributed by atoms with E-state index in [1.807, 2.05) is 5.32 Å². The van der Waals surface area contributed by atoms with E-state index in [-0.39, 0.29) is 0 Å². The van der Waals surface area contributed by atoms with Gasteiger partial charge in [0, 0.05) is 0 Å². The summed E-state index contributed by atoms with van der Waals surface area (Å²) in [7, 11) is 0. The highest BCUT2D eigenvalue weighted by atomic mass is 16.2. The van der Waals surface area contributed by atoms with Gasteiger partial charge in [0.05, 0.1) is 0 Å². The first kappa shape index (κ1) is 14.8. The molecule has 3 nitrogen and oxygen atoms in total. The zero-order chi connectivity index (χ0) is 13.3. The molecule has 17 heavy (non-hydrogen) atoms. The molecule has 0 aliphatic heterocycles. The van der Waals surface area contributed by atoms with E-state index in [0.717, 1.165) is 12.2 Å². The van der Waals surface area contributed by atoms with Crippen molar-refractivity contribution in [2.24, 2.45) is 0 Å². The van der Waals surface area contributed by atoms with Gasteiger partial charge in [-0.2, -0.15) is 0 Å². The SMILES string of the molecule is C=CC(=O)NC(=O)C=C.Cc1cccc(C)c1. The third-order valence-electron chi connectivity index (χ3n) is 1.79. The van der Waals surface area contributed by atoms with Crippen LogP contribution in [0.25, 0.3) is 0 Å². The van der Waals surface area contributed by atoms with Crippen molar-refractivity contribution in [2.45, 2.75) is 13.8 Å². The average molecular weight is 231 g/mol. The standard InChI is InChI=1S/C8H10.C6H7NO2/c1-7-4-3-5-8(2)6-7;1-3-5(8)7-6(9)4-2/h3-6H,1-2H3;3-4H,1-2H2,(H,7,8,9). The molecule has 1 aromatic rings. The van der Waals surface area contributed by atoms with Crippen LogP contribution in [-0.2, 0) is 9.59 Å². The number of aryl methyl sites for hydroxylation is 2. The van der Waals surface area contributed by atoms with Gasteiger partial charge in [0.25, 0.3) is 0 Å². The van der Waals surface area contributed by atoms with Gasteiger partial charge in [-0.25, -0.2) is 0 Å². The van der Waals surface area contributed by atoms with Crippen molar-refractivity contribution in [3.8, 4) is 0 Å². The molecule has 0 spiro atoms. The van der Waals surface area contributed by atoms with Crippen LogP contribution in [0.4, 0.5) is 0 Å². The molecule has 0 bridgehead atoms. The minimum absolute atomic E-state index is 0.514. The van der Waals surface area contributed by atoms with Crippen molar-refractivity contribution >= 4 is 11.8 Å². The van der Waals surface area contributed by atoms with Gasteiger partial charge in [-0.3, -0.25) is 14.9 Å². The Morgan fingerprint density at radius 2 is 1.47 bits per heavy atom. The average Bonchev–Trinajstić information content (AvgIpc) is 2.29. The van der Waals surface area contributed by atoms with Gasteiger partial charge in [0.15, 0.2) is 0 Å². The molecule has 0 unspecified atom stereocenters. The third kappa shape index (κ3) is 7.73. The smallest absolute Gasteiger partial charge is 0.250 e. The van der Waals surface area contributed by atoms with E-state index in [0.29, 0.717) is 0 Å². The van der Waals surface area contributed by atoms with Gasteiger partial charge in [0.2, 0.25) is 11.8 Å². The summed E-state index contributed by atoms with van der Waals surface area (Å²) in [4.78, 5) is 20.6. The number of imide groups is 1. The van der Waals surface area contributed by atoms with Crippen LogP contribution < -0.4 is 5.32 Å². The monoisotopic (exact) mass is 231 g/mol. The highest BCUT2D eigenvalue weighted by molar-refractivity contribution is 6.04. The van der Waals surface area contributed by atoms with Crippen molar-refractivity contribution in [1.29, 1.82) is 0 Å². The van der Waals surface area contributed by atoms with Crippen LogP contribution in [0, 0.1) is 13.8 Å². The van der Waals surface area contributed by atoms with E-state index in [1.165, 1.54) is 11.1 Å². The Morgan fingerprint density at radius 1 is 1.06 bits per heavy atom. The highest BCUT2D eigenvalue weighted by Gasteiger charge is 1.96. The van der Waals surface area contributed by atoms with E-state index in [9.17, 15) is 9.59 Å². The summed E-state index contributed by atoms with van der Waals surface area (Å²) in [6.45, 7) is 10.5. The number of carbonyl (C=O) groups is 2. The number of hydrogen-bond donors (Lipinski definition) is 1. The molecule has 1 aromatic carbocycles. The molecule has 0 heterocycles. The molecule has 0 aliphatic carbocycles. The van der Waals surface area contributed by atoms with E-state index >= 15 is 0 Å². The Kier molecular flexibility index (Phi) is 7.02. The fourth-order valence-electron chi connectivity index (χ4n) is 1.03. The number of benzene rings is 1. The van der Waals surface area contributed by atoms with Crippen LogP contribution in [0.5, 0.6) is 0 Å². The lowest BCUT2D eigenvalue weighted by Gasteiger charge is -1.91. The normalized spacial score (nSPS) is 8.35. The van der Waals surface area contributed by atoms with Gasteiger partial charge in [-0.1, -0.05) is 48.6 Å². The molecule has 1 rings (SSSR count). The molecule has 0 fully saturated rings. The van der Waals surface area contributed by atoms with Gasteiger partial charge in [-0.15, -0.1) is 0 Å². The number of amides is 2. The molecule has 3 heteroatoms. The second kappa shape index (κ2) is 8.05. The van der Waals surface area contributed by atoms with Crippen LogP contribution in [0.2, 0.25) is 0 Å². The maximum absolute atomic E-state index is 10.3. The zero-order valence-corrected chi connectivity index (χ0v) is 10.2. The quantitative estimate of drug-likeness (QED) is 0.794. The minimum atomic E-state index is -0.514. The van der Waals surface area contributed by atoms with Crippen molar-refractivity contribution in [3.63, 3.8) is 0 Å². The summed E-state index contributed by atoms with van der Waals surface area (Å²) >= 11 is 0. The summed E-state index contributed by atoms with van der Waals surface area (Å²) in [5.41, 5.74) is 2.68. The second-order valence-corrected chi connectivity index (χ2v) is 3.42. The summed E-state index contributed by atoms with van der Waals surface area (Å²) in [6, 6.07) is 8.45. The summed E-state index contributed by atoms with van der Waals surface area (Å²) in [6.07, 6.45) is 2.03. The fourth-order valence-corrected chi connectivity index (χ4v) is 1.03. The Hall–Kier alpha value is -2.16. The molecule has 2 amide bonds. The minimum Gasteiger partial charge on any atom is -0.289 e. The van der Waals surface area contributed by atoms with Crippen LogP contribution in [0.15, 0.2) is 49.6 Å². The summed E-state index contributed by atoms with van der Waals surface area (Å²) in [5, 5.41) is 1.97. The van der Waals surface area contributed by atoms with Gasteiger partial charge < -0.3 is 0 Å².